The highest BCUT2D eigenvalue weighted by molar-refractivity contribution is 7.89. The summed E-state index contributed by atoms with van der Waals surface area (Å²) < 4.78 is 32.8. The molecule has 0 spiro atoms. The maximum Gasteiger partial charge on any atom is 0.249 e. The largest absolute Gasteiger partial charge is 0.377 e. The predicted octanol–water partition coefficient (Wildman–Crippen LogP) is 0.940. The number of sulfonamides is 1. The summed E-state index contributed by atoms with van der Waals surface area (Å²) in [5.41, 5.74) is 6.11. The van der Waals surface area contributed by atoms with Crippen molar-refractivity contribution < 1.29 is 17.9 Å². The van der Waals surface area contributed by atoms with Crippen molar-refractivity contribution in [1.82, 2.24) is 4.72 Å². The molecule has 2 unspecified atom stereocenters. The lowest BCUT2D eigenvalue weighted by Crippen LogP contribution is -2.40. The number of hydrogen-bond donors (Lipinski definition) is 2. The lowest BCUT2D eigenvalue weighted by Gasteiger charge is -2.20. The van der Waals surface area contributed by atoms with E-state index in [1.165, 1.54) is 12.1 Å². The van der Waals surface area contributed by atoms with Crippen LogP contribution in [0.3, 0.4) is 0 Å². The van der Waals surface area contributed by atoms with Gasteiger partial charge < -0.3 is 10.5 Å². The van der Waals surface area contributed by atoms with Gasteiger partial charge in [-0.1, -0.05) is 6.07 Å². The van der Waals surface area contributed by atoms with Gasteiger partial charge in [-0.25, -0.2) is 13.1 Å². The summed E-state index contributed by atoms with van der Waals surface area (Å²) in [5.74, 6) is -0.642. The summed E-state index contributed by atoms with van der Waals surface area (Å²) in [6, 6.07) is 4.02. The van der Waals surface area contributed by atoms with Crippen LogP contribution in [-0.4, -0.2) is 33.1 Å². The maximum absolute atomic E-state index is 12.4. The molecular weight excluding hydrogens is 292 g/mol. The zero-order chi connectivity index (χ0) is 15.6. The number of hydrogen-bond acceptors (Lipinski definition) is 4. The minimum Gasteiger partial charge on any atom is -0.377 e. The number of carbonyl (C=O) groups is 1. The van der Waals surface area contributed by atoms with Crippen molar-refractivity contribution in [3.05, 3.63) is 29.3 Å². The molecule has 0 aliphatic carbocycles. The summed E-state index contributed by atoms with van der Waals surface area (Å²) in [7, 11) is -3.71. The van der Waals surface area contributed by atoms with E-state index in [2.05, 4.69) is 4.72 Å². The molecule has 3 N–H and O–H groups in total. The number of amides is 1. The molecule has 1 aromatic rings. The quantitative estimate of drug-likeness (QED) is 0.845. The second-order valence-corrected chi connectivity index (χ2v) is 7.02. The molecule has 2 atom stereocenters. The average molecular weight is 312 g/mol. The van der Waals surface area contributed by atoms with Crippen LogP contribution in [0.5, 0.6) is 0 Å². The second-order valence-electron chi connectivity index (χ2n) is 5.30. The molecular formula is C14H20N2O4S. The lowest BCUT2D eigenvalue weighted by molar-refractivity contribution is 0.0902. The number of ether oxygens (including phenoxy) is 1. The van der Waals surface area contributed by atoms with Crippen LogP contribution in [0.1, 0.15) is 35.7 Å². The van der Waals surface area contributed by atoms with E-state index >= 15 is 0 Å². The molecule has 1 aliphatic heterocycles. The molecule has 0 aromatic heterocycles. The van der Waals surface area contributed by atoms with Crippen LogP contribution in [-0.2, 0) is 14.8 Å². The number of benzene rings is 1. The van der Waals surface area contributed by atoms with Crippen molar-refractivity contribution in [2.45, 2.75) is 43.7 Å². The van der Waals surface area contributed by atoms with Crippen LogP contribution in [0.4, 0.5) is 0 Å². The third-order valence-electron chi connectivity index (χ3n) is 3.65. The van der Waals surface area contributed by atoms with Gasteiger partial charge in [-0.2, -0.15) is 0 Å². The number of nitrogens with two attached hydrogens (primary N) is 1. The van der Waals surface area contributed by atoms with Crippen LogP contribution < -0.4 is 10.5 Å². The van der Waals surface area contributed by atoms with E-state index in [0.717, 1.165) is 12.8 Å². The molecule has 0 radical (unpaired) electrons. The second kappa shape index (κ2) is 6.13. The van der Waals surface area contributed by atoms with Crippen molar-refractivity contribution in [3.63, 3.8) is 0 Å². The Morgan fingerprint density at radius 2 is 2.19 bits per heavy atom. The van der Waals surface area contributed by atoms with E-state index in [4.69, 9.17) is 10.5 Å². The van der Waals surface area contributed by atoms with Crippen molar-refractivity contribution in [1.29, 1.82) is 0 Å². The average Bonchev–Trinajstić information content (AvgIpc) is 2.92. The fourth-order valence-corrected chi connectivity index (χ4v) is 3.72. The molecule has 7 heteroatoms. The van der Waals surface area contributed by atoms with Crippen molar-refractivity contribution in [2.75, 3.05) is 6.61 Å². The van der Waals surface area contributed by atoms with E-state index in [1.54, 1.807) is 19.9 Å². The Morgan fingerprint density at radius 1 is 1.48 bits per heavy atom. The Labute approximate surface area is 124 Å². The van der Waals surface area contributed by atoms with Crippen LogP contribution in [0, 0.1) is 6.92 Å². The number of carbonyl (C=O) groups excluding carboxylic acids is 1. The number of aryl methyl sites for hydroxylation is 1. The molecule has 1 saturated heterocycles. The highest BCUT2D eigenvalue weighted by Gasteiger charge is 2.27. The molecule has 1 fully saturated rings. The van der Waals surface area contributed by atoms with Gasteiger partial charge in [0.05, 0.1) is 11.0 Å². The molecule has 0 bridgehead atoms. The minimum absolute atomic E-state index is 0.0340. The minimum atomic E-state index is -3.71. The normalized spacial score (nSPS) is 20.4. The Hall–Kier alpha value is -1.44. The fraction of sp³-hybridized carbons (Fsp3) is 0.500. The van der Waals surface area contributed by atoms with Crippen molar-refractivity contribution in [3.8, 4) is 0 Å². The molecule has 1 aliphatic rings. The molecule has 1 amide bonds. The number of primary amides is 1. The zero-order valence-corrected chi connectivity index (χ0v) is 12.9. The van der Waals surface area contributed by atoms with E-state index < -0.39 is 15.9 Å². The topological polar surface area (TPSA) is 98.5 Å². The Balaban J connectivity index is 2.23. The lowest BCUT2D eigenvalue weighted by atomic mass is 10.1. The number of nitrogens with one attached hydrogen (secondary N) is 1. The van der Waals surface area contributed by atoms with Gasteiger partial charge in [0.25, 0.3) is 0 Å². The monoisotopic (exact) mass is 312 g/mol. The summed E-state index contributed by atoms with van der Waals surface area (Å²) in [6.45, 7) is 4.14. The SMILES string of the molecule is Cc1ccc(S(=O)(=O)NC(C)C2CCCO2)cc1C(N)=O. The van der Waals surface area contributed by atoms with E-state index in [9.17, 15) is 13.2 Å². The highest BCUT2D eigenvalue weighted by atomic mass is 32.2. The number of rotatable bonds is 5. The van der Waals surface area contributed by atoms with Gasteiger partial charge in [-0.15, -0.1) is 0 Å². The molecule has 1 heterocycles. The zero-order valence-electron chi connectivity index (χ0n) is 12.1. The van der Waals surface area contributed by atoms with Gasteiger partial charge in [-0.05, 0) is 44.4 Å². The Kier molecular flexibility index (Phi) is 4.65. The smallest absolute Gasteiger partial charge is 0.249 e. The third-order valence-corrected chi connectivity index (χ3v) is 5.21. The Morgan fingerprint density at radius 3 is 2.76 bits per heavy atom. The van der Waals surface area contributed by atoms with Gasteiger partial charge in [0.15, 0.2) is 0 Å². The van der Waals surface area contributed by atoms with Crippen LogP contribution >= 0.6 is 0 Å². The summed E-state index contributed by atoms with van der Waals surface area (Å²) in [4.78, 5) is 11.4. The maximum atomic E-state index is 12.4. The van der Waals surface area contributed by atoms with E-state index in [-0.39, 0.29) is 22.6 Å². The van der Waals surface area contributed by atoms with Crippen LogP contribution in [0.2, 0.25) is 0 Å². The summed E-state index contributed by atoms with van der Waals surface area (Å²) in [6.07, 6.45) is 1.66. The molecule has 2 rings (SSSR count). The first kappa shape index (κ1) is 15.9. The van der Waals surface area contributed by atoms with Crippen molar-refractivity contribution in [2.24, 2.45) is 5.73 Å². The third kappa shape index (κ3) is 3.61. The van der Waals surface area contributed by atoms with Gasteiger partial charge >= 0.3 is 0 Å². The summed E-state index contributed by atoms with van der Waals surface area (Å²) in [5, 5.41) is 0. The van der Waals surface area contributed by atoms with Gasteiger partial charge in [0, 0.05) is 18.2 Å². The Bertz CT molecular complexity index is 636. The molecule has 6 nitrogen and oxygen atoms in total. The molecule has 116 valence electrons. The van der Waals surface area contributed by atoms with Gasteiger partial charge in [-0.3, -0.25) is 4.79 Å². The van der Waals surface area contributed by atoms with Crippen molar-refractivity contribution >= 4 is 15.9 Å². The van der Waals surface area contributed by atoms with Gasteiger partial charge in [0.2, 0.25) is 15.9 Å². The highest BCUT2D eigenvalue weighted by Crippen LogP contribution is 2.19. The first-order chi connectivity index (χ1) is 9.81. The predicted molar refractivity (Wildman–Crippen MR) is 78.5 cm³/mol. The van der Waals surface area contributed by atoms with Crippen LogP contribution in [0.25, 0.3) is 0 Å². The molecule has 21 heavy (non-hydrogen) atoms. The summed E-state index contributed by atoms with van der Waals surface area (Å²) >= 11 is 0. The molecule has 0 saturated carbocycles. The van der Waals surface area contributed by atoms with Crippen LogP contribution in [0.15, 0.2) is 23.1 Å². The molecule has 1 aromatic carbocycles. The fourth-order valence-electron chi connectivity index (χ4n) is 2.42. The standard InChI is InChI=1S/C14H20N2O4S/c1-9-5-6-11(8-12(9)14(15)17)21(18,19)16-10(2)13-4-3-7-20-13/h5-6,8,10,13,16H,3-4,7H2,1-2H3,(H2,15,17). The van der Waals surface area contributed by atoms with E-state index in [0.29, 0.717) is 12.2 Å². The first-order valence-electron chi connectivity index (χ1n) is 6.85. The first-order valence-corrected chi connectivity index (χ1v) is 8.34. The van der Waals surface area contributed by atoms with Gasteiger partial charge in [0.1, 0.15) is 0 Å². The van der Waals surface area contributed by atoms with E-state index in [1.807, 2.05) is 0 Å².